The molecule has 126 valence electrons. The van der Waals surface area contributed by atoms with Crippen LogP contribution >= 0.6 is 0 Å². The molecule has 0 aliphatic heterocycles. The van der Waals surface area contributed by atoms with Crippen LogP contribution in [0.2, 0.25) is 0 Å². The Morgan fingerprint density at radius 3 is 2.38 bits per heavy atom. The molecule has 0 bridgehead atoms. The van der Waals surface area contributed by atoms with Crippen LogP contribution < -0.4 is 10.1 Å². The molecule has 1 amide bonds. The summed E-state index contributed by atoms with van der Waals surface area (Å²) in [6.45, 7) is 0.0906. The first-order valence-electron chi connectivity index (χ1n) is 7.32. The van der Waals surface area contributed by atoms with E-state index in [4.69, 9.17) is 14.2 Å². The SMILES string of the molecule is COCc1ccc(C(=O)OCC(=O)Nc2ccccc2OC)cc1. The minimum atomic E-state index is -0.561. The standard InChI is InChI=1S/C18H19NO5/c1-22-11-13-7-9-14(10-8-13)18(21)24-12-17(20)19-15-5-3-4-6-16(15)23-2/h3-10H,11-12H2,1-2H3,(H,19,20). The number of benzene rings is 2. The van der Waals surface area contributed by atoms with Crippen molar-refractivity contribution in [2.24, 2.45) is 0 Å². The molecule has 2 rings (SSSR count). The van der Waals surface area contributed by atoms with Gasteiger partial charge >= 0.3 is 5.97 Å². The molecule has 6 heteroatoms. The van der Waals surface area contributed by atoms with Gasteiger partial charge in [0.15, 0.2) is 6.61 Å². The Labute approximate surface area is 140 Å². The van der Waals surface area contributed by atoms with Crippen molar-refractivity contribution in [3.63, 3.8) is 0 Å². The first-order chi connectivity index (χ1) is 11.6. The van der Waals surface area contributed by atoms with Crippen LogP contribution in [0.1, 0.15) is 15.9 Å². The monoisotopic (exact) mass is 329 g/mol. The molecular weight excluding hydrogens is 310 g/mol. The maximum Gasteiger partial charge on any atom is 0.338 e. The Morgan fingerprint density at radius 2 is 1.71 bits per heavy atom. The number of ether oxygens (including phenoxy) is 3. The van der Waals surface area contributed by atoms with Crippen molar-refractivity contribution < 1.29 is 23.8 Å². The van der Waals surface area contributed by atoms with Gasteiger partial charge in [-0.3, -0.25) is 4.79 Å². The Bertz CT molecular complexity index is 697. The summed E-state index contributed by atoms with van der Waals surface area (Å²) < 4.78 is 15.2. The van der Waals surface area contributed by atoms with Crippen molar-refractivity contribution in [3.8, 4) is 5.75 Å². The van der Waals surface area contributed by atoms with Gasteiger partial charge in [0, 0.05) is 7.11 Å². The predicted octanol–water partition coefficient (Wildman–Crippen LogP) is 2.64. The molecule has 0 aliphatic carbocycles. The molecular formula is C18H19NO5. The van der Waals surface area contributed by atoms with Gasteiger partial charge in [-0.15, -0.1) is 0 Å². The van der Waals surface area contributed by atoms with Gasteiger partial charge in [-0.2, -0.15) is 0 Å². The van der Waals surface area contributed by atoms with Crippen molar-refractivity contribution in [3.05, 3.63) is 59.7 Å². The third-order valence-corrected chi connectivity index (χ3v) is 3.22. The first-order valence-corrected chi connectivity index (χ1v) is 7.32. The van der Waals surface area contributed by atoms with Crippen LogP contribution in [0.15, 0.2) is 48.5 Å². The number of nitrogens with one attached hydrogen (secondary N) is 1. The summed E-state index contributed by atoms with van der Waals surface area (Å²) in [6.07, 6.45) is 0. The second-order valence-electron chi connectivity index (χ2n) is 4.95. The van der Waals surface area contributed by atoms with Crippen LogP contribution in [0, 0.1) is 0 Å². The first kappa shape index (κ1) is 17.5. The lowest BCUT2D eigenvalue weighted by Gasteiger charge is -2.10. The smallest absolute Gasteiger partial charge is 0.338 e. The fraction of sp³-hybridized carbons (Fsp3) is 0.222. The van der Waals surface area contributed by atoms with Crippen LogP contribution in [0.3, 0.4) is 0 Å². The number of amides is 1. The summed E-state index contributed by atoms with van der Waals surface area (Å²) in [7, 11) is 3.11. The summed E-state index contributed by atoms with van der Waals surface area (Å²) >= 11 is 0. The highest BCUT2D eigenvalue weighted by Gasteiger charge is 2.12. The molecule has 0 aromatic heterocycles. The van der Waals surface area contributed by atoms with Crippen LogP contribution in [0.4, 0.5) is 5.69 Å². The quantitative estimate of drug-likeness (QED) is 0.791. The van der Waals surface area contributed by atoms with E-state index in [1.54, 1.807) is 55.6 Å². The predicted molar refractivity (Wildman–Crippen MR) is 89.1 cm³/mol. The van der Waals surface area contributed by atoms with Gasteiger partial charge in [0.1, 0.15) is 5.75 Å². The summed E-state index contributed by atoms with van der Waals surface area (Å²) in [5, 5.41) is 2.64. The summed E-state index contributed by atoms with van der Waals surface area (Å²) in [4.78, 5) is 23.8. The molecule has 2 aromatic rings. The van der Waals surface area contributed by atoms with E-state index in [2.05, 4.69) is 5.32 Å². The second kappa shape index (κ2) is 8.69. The third-order valence-electron chi connectivity index (χ3n) is 3.22. The van der Waals surface area contributed by atoms with Crippen LogP contribution in [0.25, 0.3) is 0 Å². The van der Waals surface area contributed by atoms with Crippen molar-refractivity contribution in [2.45, 2.75) is 6.61 Å². The molecule has 2 aromatic carbocycles. The molecule has 0 unspecified atom stereocenters. The molecule has 0 spiro atoms. The molecule has 0 atom stereocenters. The lowest BCUT2D eigenvalue weighted by atomic mass is 10.1. The topological polar surface area (TPSA) is 73.9 Å². The number of carbonyl (C=O) groups is 2. The zero-order chi connectivity index (χ0) is 17.4. The number of rotatable bonds is 7. The largest absolute Gasteiger partial charge is 0.495 e. The zero-order valence-electron chi connectivity index (χ0n) is 13.6. The summed E-state index contributed by atoms with van der Waals surface area (Å²) in [5.41, 5.74) is 1.84. The van der Waals surface area contributed by atoms with E-state index < -0.39 is 11.9 Å². The highest BCUT2D eigenvalue weighted by molar-refractivity contribution is 5.96. The Kier molecular flexibility index (Phi) is 6.33. The Hall–Kier alpha value is -2.86. The van der Waals surface area contributed by atoms with Gasteiger partial charge in [-0.05, 0) is 29.8 Å². The van der Waals surface area contributed by atoms with E-state index in [1.807, 2.05) is 0 Å². The molecule has 0 aliphatic rings. The molecule has 0 heterocycles. The minimum absolute atomic E-state index is 0.375. The normalized spacial score (nSPS) is 10.1. The second-order valence-corrected chi connectivity index (χ2v) is 4.95. The maximum absolute atomic E-state index is 11.9. The van der Waals surface area contributed by atoms with Crippen molar-refractivity contribution in [1.82, 2.24) is 0 Å². The summed E-state index contributed by atoms with van der Waals surface area (Å²) in [6, 6.07) is 13.8. The van der Waals surface area contributed by atoms with Gasteiger partial charge in [0.2, 0.25) is 0 Å². The van der Waals surface area contributed by atoms with Crippen molar-refractivity contribution >= 4 is 17.6 Å². The van der Waals surface area contributed by atoms with Crippen LogP contribution in [-0.4, -0.2) is 32.7 Å². The van der Waals surface area contributed by atoms with E-state index in [0.717, 1.165) is 5.56 Å². The van der Waals surface area contributed by atoms with Gasteiger partial charge < -0.3 is 19.5 Å². The van der Waals surface area contributed by atoms with E-state index in [-0.39, 0.29) is 6.61 Å². The van der Waals surface area contributed by atoms with Crippen molar-refractivity contribution in [2.75, 3.05) is 26.1 Å². The van der Waals surface area contributed by atoms with Gasteiger partial charge in [-0.1, -0.05) is 24.3 Å². The molecule has 1 N–H and O–H groups in total. The van der Waals surface area contributed by atoms with Crippen LogP contribution in [-0.2, 0) is 20.9 Å². The Morgan fingerprint density at radius 1 is 1.00 bits per heavy atom. The molecule has 0 fully saturated rings. The molecule has 0 saturated heterocycles. The van der Waals surface area contributed by atoms with E-state index in [9.17, 15) is 9.59 Å². The van der Waals surface area contributed by atoms with Gasteiger partial charge in [0.05, 0.1) is 25.0 Å². The van der Waals surface area contributed by atoms with E-state index in [1.165, 1.54) is 7.11 Å². The highest BCUT2D eigenvalue weighted by Crippen LogP contribution is 2.22. The molecule has 0 radical (unpaired) electrons. The van der Waals surface area contributed by atoms with Crippen molar-refractivity contribution in [1.29, 1.82) is 0 Å². The van der Waals surface area contributed by atoms with E-state index in [0.29, 0.717) is 23.6 Å². The fourth-order valence-corrected chi connectivity index (χ4v) is 2.05. The fourth-order valence-electron chi connectivity index (χ4n) is 2.05. The molecule has 0 saturated carbocycles. The highest BCUT2D eigenvalue weighted by atomic mass is 16.5. The third kappa shape index (κ3) is 4.82. The average molecular weight is 329 g/mol. The average Bonchev–Trinajstić information content (AvgIpc) is 2.61. The maximum atomic E-state index is 11.9. The number of anilines is 1. The Balaban J connectivity index is 1.87. The van der Waals surface area contributed by atoms with Gasteiger partial charge in [-0.25, -0.2) is 4.79 Å². The number of hydrogen-bond donors (Lipinski definition) is 1. The summed E-state index contributed by atoms with van der Waals surface area (Å²) in [5.74, 6) is -0.469. The van der Waals surface area contributed by atoms with Crippen LogP contribution in [0.5, 0.6) is 5.75 Å². The lowest BCUT2D eigenvalue weighted by molar-refractivity contribution is -0.119. The number of methoxy groups -OCH3 is 2. The number of carbonyl (C=O) groups excluding carboxylic acids is 2. The number of hydrogen-bond acceptors (Lipinski definition) is 5. The molecule has 24 heavy (non-hydrogen) atoms. The zero-order valence-corrected chi connectivity index (χ0v) is 13.6. The van der Waals surface area contributed by atoms with E-state index >= 15 is 0 Å². The van der Waals surface area contributed by atoms with Gasteiger partial charge in [0.25, 0.3) is 5.91 Å². The molecule has 6 nitrogen and oxygen atoms in total. The number of para-hydroxylation sites is 2. The number of esters is 1. The minimum Gasteiger partial charge on any atom is -0.495 e. The lowest BCUT2D eigenvalue weighted by Crippen LogP contribution is -2.21.